The second-order valence-corrected chi connectivity index (χ2v) is 7.34. The Bertz CT molecular complexity index is 974. The maximum atomic E-state index is 12.5. The summed E-state index contributed by atoms with van der Waals surface area (Å²) in [4.78, 5) is 23.6. The number of aliphatic imine (C=N–C) groups is 2. The van der Waals surface area contributed by atoms with Crippen LogP contribution in [0.15, 0.2) is 86.5 Å². The number of hydrogen-bond donors (Lipinski definition) is 0. The predicted molar refractivity (Wildman–Crippen MR) is 112 cm³/mol. The Hall–Kier alpha value is -2.54. The van der Waals surface area contributed by atoms with Gasteiger partial charge in [-0.2, -0.15) is 4.99 Å². The highest BCUT2D eigenvalue weighted by molar-refractivity contribution is 14.1. The third-order valence-electron chi connectivity index (χ3n) is 4.21. The Balaban J connectivity index is 1.72. The van der Waals surface area contributed by atoms with Crippen molar-refractivity contribution < 1.29 is 4.79 Å². The number of halogens is 1. The Morgan fingerprint density at radius 2 is 1.85 bits per heavy atom. The lowest BCUT2D eigenvalue weighted by molar-refractivity contribution is -0.117. The molecule has 5 heteroatoms. The number of carbonyl (C=O) groups is 1. The van der Waals surface area contributed by atoms with Crippen LogP contribution < -0.4 is 0 Å². The first-order valence-corrected chi connectivity index (χ1v) is 9.41. The summed E-state index contributed by atoms with van der Waals surface area (Å²) < 4.78 is 1.14. The molecule has 0 aliphatic carbocycles. The monoisotopic (exact) mass is 453 g/mol. The van der Waals surface area contributed by atoms with Crippen LogP contribution >= 0.6 is 22.6 Å². The lowest BCUT2D eigenvalue weighted by Crippen LogP contribution is -2.24. The van der Waals surface area contributed by atoms with E-state index in [1.807, 2.05) is 60.7 Å². The molecular formula is C21H16IN3O. The van der Waals surface area contributed by atoms with Crippen LogP contribution in [0, 0.1) is 0 Å². The summed E-state index contributed by atoms with van der Waals surface area (Å²) in [5.41, 5.74) is 2.97. The summed E-state index contributed by atoms with van der Waals surface area (Å²) in [6, 6.07) is 17.6. The van der Waals surface area contributed by atoms with Gasteiger partial charge in [0.25, 0.3) is 5.91 Å². The zero-order valence-corrected chi connectivity index (χ0v) is 16.1. The van der Waals surface area contributed by atoms with Gasteiger partial charge >= 0.3 is 0 Å². The van der Waals surface area contributed by atoms with Crippen LogP contribution in [0.1, 0.15) is 16.7 Å². The lowest BCUT2D eigenvalue weighted by Gasteiger charge is -2.21. The number of amidine groups is 2. The summed E-state index contributed by atoms with van der Waals surface area (Å²) in [6.07, 6.45) is 6.31. The van der Waals surface area contributed by atoms with E-state index in [-0.39, 0.29) is 12.3 Å². The van der Waals surface area contributed by atoms with E-state index in [9.17, 15) is 4.79 Å². The van der Waals surface area contributed by atoms with E-state index in [0.717, 1.165) is 26.1 Å². The second kappa shape index (κ2) is 7.37. The van der Waals surface area contributed by atoms with Crippen LogP contribution in [-0.4, -0.2) is 22.5 Å². The molecule has 2 aliphatic heterocycles. The summed E-state index contributed by atoms with van der Waals surface area (Å²) >= 11 is 2.29. The van der Waals surface area contributed by atoms with Gasteiger partial charge in [-0.05, 0) is 45.9 Å². The van der Waals surface area contributed by atoms with Crippen molar-refractivity contribution in [2.24, 2.45) is 9.98 Å². The van der Waals surface area contributed by atoms with Gasteiger partial charge in [0.05, 0.1) is 6.42 Å². The number of hydrogen-bond acceptors (Lipinski definition) is 2. The van der Waals surface area contributed by atoms with E-state index < -0.39 is 0 Å². The van der Waals surface area contributed by atoms with Crippen molar-refractivity contribution in [2.45, 2.75) is 13.0 Å². The van der Waals surface area contributed by atoms with Crippen molar-refractivity contribution in [3.05, 3.63) is 93.2 Å². The van der Waals surface area contributed by atoms with Gasteiger partial charge < -0.3 is 4.90 Å². The fourth-order valence-electron chi connectivity index (χ4n) is 2.98. The summed E-state index contributed by atoms with van der Waals surface area (Å²) in [5, 5.41) is 0. The first-order chi connectivity index (χ1) is 12.7. The number of benzene rings is 2. The Morgan fingerprint density at radius 3 is 2.69 bits per heavy atom. The summed E-state index contributed by atoms with van der Waals surface area (Å²) in [7, 11) is 0. The Kier molecular flexibility index (Phi) is 4.79. The maximum absolute atomic E-state index is 12.5. The zero-order chi connectivity index (χ0) is 17.9. The maximum Gasteiger partial charge on any atom is 0.252 e. The summed E-state index contributed by atoms with van der Waals surface area (Å²) in [6.45, 7) is 0.706. The van der Waals surface area contributed by atoms with Crippen molar-refractivity contribution in [3.8, 4) is 0 Å². The third kappa shape index (κ3) is 3.67. The molecule has 0 bridgehead atoms. The van der Waals surface area contributed by atoms with E-state index >= 15 is 0 Å². The van der Waals surface area contributed by atoms with Gasteiger partial charge in [-0.25, -0.2) is 4.99 Å². The molecule has 4 rings (SSSR count). The number of rotatable bonds is 2. The van der Waals surface area contributed by atoms with Crippen molar-refractivity contribution in [1.29, 1.82) is 0 Å². The van der Waals surface area contributed by atoms with Crippen LogP contribution in [0.2, 0.25) is 0 Å². The number of carbonyl (C=O) groups excluding carboxylic acids is 1. The van der Waals surface area contributed by atoms with Crippen molar-refractivity contribution in [2.75, 3.05) is 0 Å². The minimum absolute atomic E-state index is 0.191. The topological polar surface area (TPSA) is 45.0 Å². The van der Waals surface area contributed by atoms with E-state index in [1.54, 1.807) is 0 Å². The first-order valence-electron chi connectivity index (χ1n) is 8.33. The first kappa shape index (κ1) is 16.9. The molecule has 2 heterocycles. The number of fused-ring (bicyclic) bond motifs is 2. The quantitative estimate of drug-likeness (QED) is 0.638. The minimum atomic E-state index is -0.191. The van der Waals surface area contributed by atoms with Gasteiger partial charge in [-0.1, -0.05) is 54.6 Å². The number of nitrogens with zero attached hydrogens (tertiary/aromatic N) is 3. The standard InChI is InChI=1S/C21H16IN3O/c22-17-10-11-19-23-21(24-20(26)12-15-6-2-1-3-7-15)18-9-5-4-8-16(18)13-25(19)14-17/h1-11,14H,12-13H2. The third-order valence-corrected chi connectivity index (χ3v) is 4.85. The van der Waals surface area contributed by atoms with Gasteiger partial charge in [0.1, 0.15) is 5.84 Å². The average molecular weight is 453 g/mol. The Morgan fingerprint density at radius 1 is 1.08 bits per heavy atom. The normalized spacial score (nSPS) is 17.1. The molecule has 128 valence electrons. The molecule has 2 aromatic carbocycles. The summed E-state index contributed by atoms with van der Waals surface area (Å²) in [5.74, 6) is 1.09. The van der Waals surface area contributed by atoms with Gasteiger partial charge in [0.15, 0.2) is 5.84 Å². The molecule has 0 fully saturated rings. The molecule has 1 amide bonds. The fourth-order valence-corrected chi connectivity index (χ4v) is 3.49. The molecule has 0 spiro atoms. The van der Waals surface area contributed by atoms with Gasteiger partial charge in [0.2, 0.25) is 0 Å². The van der Waals surface area contributed by atoms with Gasteiger partial charge in [0, 0.05) is 21.9 Å². The molecule has 2 aliphatic rings. The molecule has 0 unspecified atom stereocenters. The van der Waals surface area contributed by atoms with E-state index in [0.29, 0.717) is 12.4 Å². The van der Waals surface area contributed by atoms with E-state index in [1.165, 1.54) is 0 Å². The molecule has 2 aromatic rings. The molecule has 0 saturated heterocycles. The van der Waals surface area contributed by atoms with E-state index in [2.05, 4.69) is 44.7 Å². The minimum Gasteiger partial charge on any atom is -0.327 e. The average Bonchev–Trinajstić information content (AvgIpc) is 2.79. The molecule has 0 radical (unpaired) electrons. The van der Waals surface area contributed by atoms with Crippen LogP contribution in [0.25, 0.3) is 0 Å². The molecule has 0 aromatic heterocycles. The zero-order valence-electron chi connectivity index (χ0n) is 14.0. The number of allylic oxidation sites excluding steroid dienone is 2. The highest BCUT2D eigenvalue weighted by Gasteiger charge is 2.21. The molecule has 0 atom stereocenters. The lowest BCUT2D eigenvalue weighted by atomic mass is 10.1. The SMILES string of the molecule is O=C(Cc1ccccc1)N=C1N=C2C=CC(I)=CN2Cc2ccccc21. The highest BCUT2D eigenvalue weighted by Crippen LogP contribution is 2.24. The van der Waals surface area contributed by atoms with Gasteiger partial charge in [-0.15, -0.1) is 0 Å². The predicted octanol–water partition coefficient (Wildman–Crippen LogP) is 4.26. The number of amides is 1. The molecule has 26 heavy (non-hydrogen) atoms. The van der Waals surface area contributed by atoms with Crippen LogP contribution in [-0.2, 0) is 17.8 Å². The van der Waals surface area contributed by atoms with Crippen molar-refractivity contribution in [1.82, 2.24) is 4.90 Å². The molecule has 0 saturated carbocycles. The second-order valence-electron chi connectivity index (χ2n) is 6.09. The van der Waals surface area contributed by atoms with Crippen molar-refractivity contribution >= 4 is 40.2 Å². The fraction of sp³-hybridized carbons (Fsp3) is 0.0952. The van der Waals surface area contributed by atoms with Crippen LogP contribution in [0.4, 0.5) is 0 Å². The molecular weight excluding hydrogens is 437 g/mol. The van der Waals surface area contributed by atoms with E-state index in [4.69, 9.17) is 4.99 Å². The molecule has 4 nitrogen and oxygen atoms in total. The van der Waals surface area contributed by atoms with Crippen LogP contribution in [0.3, 0.4) is 0 Å². The van der Waals surface area contributed by atoms with Crippen LogP contribution in [0.5, 0.6) is 0 Å². The largest absolute Gasteiger partial charge is 0.327 e. The van der Waals surface area contributed by atoms with Gasteiger partial charge in [-0.3, -0.25) is 4.79 Å². The highest BCUT2D eigenvalue weighted by atomic mass is 127. The van der Waals surface area contributed by atoms with Crippen molar-refractivity contribution in [3.63, 3.8) is 0 Å². The molecule has 0 N–H and O–H groups in total. The Labute approximate surface area is 165 Å². The smallest absolute Gasteiger partial charge is 0.252 e.